The molecule has 116 valence electrons. The summed E-state index contributed by atoms with van der Waals surface area (Å²) in [6, 6.07) is 14.1. The molecule has 2 rings (SSSR count). The number of carbonyl (C=O) groups excluding carboxylic acids is 1. The summed E-state index contributed by atoms with van der Waals surface area (Å²) in [5, 5.41) is 2.96. The number of benzene rings is 2. The van der Waals surface area contributed by atoms with Crippen LogP contribution >= 0.6 is 15.9 Å². The van der Waals surface area contributed by atoms with Crippen LogP contribution in [-0.4, -0.2) is 19.0 Å². The molecule has 0 saturated carbocycles. The van der Waals surface area contributed by atoms with E-state index in [-0.39, 0.29) is 5.91 Å². The number of hydrogen-bond acceptors (Lipinski definition) is 2. The topological polar surface area (TPSA) is 32.3 Å². The molecule has 0 atom stereocenters. The van der Waals surface area contributed by atoms with Gasteiger partial charge in [0.15, 0.2) is 0 Å². The normalized spacial score (nSPS) is 10.4. The van der Waals surface area contributed by atoms with E-state index in [1.165, 1.54) is 5.56 Å². The number of nitrogens with one attached hydrogen (secondary N) is 1. The summed E-state index contributed by atoms with van der Waals surface area (Å²) in [7, 11) is 0. The predicted molar refractivity (Wildman–Crippen MR) is 96.6 cm³/mol. The van der Waals surface area contributed by atoms with Crippen LogP contribution in [0.3, 0.4) is 0 Å². The first kappa shape index (κ1) is 16.6. The fraction of sp³-hybridized carbons (Fsp3) is 0.278. The minimum atomic E-state index is -0.0205. The smallest absolute Gasteiger partial charge is 0.243 e. The molecule has 0 aliphatic carbocycles. The van der Waals surface area contributed by atoms with Crippen LogP contribution in [0.1, 0.15) is 18.1 Å². The van der Waals surface area contributed by atoms with Gasteiger partial charge in [0.1, 0.15) is 0 Å². The molecule has 1 amide bonds. The molecule has 0 saturated heterocycles. The number of carbonyl (C=O) groups is 1. The molecule has 0 aliphatic heterocycles. The van der Waals surface area contributed by atoms with Crippen molar-refractivity contribution in [2.24, 2.45) is 0 Å². The van der Waals surface area contributed by atoms with Crippen molar-refractivity contribution >= 4 is 33.2 Å². The summed E-state index contributed by atoms with van der Waals surface area (Å²) in [4.78, 5) is 14.4. The van der Waals surface area contributed by atoms with Crippen molar-refractivity contribution in [3.8, 4) is 0 Å². The first-order valence-electron chi connectivity index (χ1n) is 7.37. The van der Waals surface area contributed by atoms with Crippen LogP contribution in [0.2, 0.25) is 0 Å². The number of aryl methyl sites for hydroxylation is 2. The van der Waals surface area contributed by atoms with Crippen molar-refractivity contribution in [2.75, 3.05) is 23.3 Å². The summed E-state index contributed by atoms with van der Waals surface area (Å²) < 4.78 is 0.902. The molecule has 4 heteroatoms. The lowest BCUT2D eigenvalue weighted by molar-refractivity contribution is -0.115. The van der Waals surface area contributed by atoms with Gasteiger partial charge in [-0.25, -0.2) is 0 Å². The van der Waals surface area contributed by atoms with Crippen molar-refractivity contribution in [2.45, 2.75) is 20.8 Å². The molecule has 0 bridgehead atoms. The second kappa shape index (κ2) is 7.45. The maximum absolute atomic E-state index is 12.3. The molecule has 0 heterocycles. The van der Waals surface area contributed by atoms with E-state index in [0.717, 1.165) is 28.0 Å². The summed E-state index contributed by atoms with van der Waals surface area (Å²) in [6.45, 7) is 7.25. The lowest BCUT2D eigenvalue weighted by Gasteiger charge is -2.23. The van der Waals surface area contributed by atoms with Crippen LogP contribution in [0.4, 0.5) is 11.4 Å². The van der Waals surface area contributed by atoms with Crippen molar-refractivity contribution in [3.63, 3.8) is 0 Å². The Morgan fingerprint density at radius 3 is 2.50 bits per heavy atom. The Kier molecular flexibility index (Phi) is 5.61. The highest BCUT2D eigenvalue weighted by atomic mass is 79.9. The van der Waals surface area contributed by atoms with Crippen LogP contribution in [0.5, 0.6) is 0 Å². The van der Waals surface area contributed by atoms with Gasteiger partial charge >= 0.3 is 0 Å². The number of hydrogen-bond donors (Lipinski definition) is 1. The highest BCUT2D eigenvalue weighted by molar-refractivity contribution is 9.10. The number of halogens is 1. The number of anilines is 2. The average molecular weight is 361 g/mol. The summed E-state index contributed by atoms with van der Waals surface area (Å²) in [6.07, 6.45) is 0. The average Bonchev–Trinajstić information content (AvgIpc) is 2.47. The minimum absolute atomic E-state index is 0.0205. The van der Waals surface area contributed by atoms with Crippen molar-refractivity contribution < 1.29 is 4.79 Å². The molecule has 0 aromatic heterocycles. The van der Waals surface area contributed by atoms with E-state index in [1.807, 2.05) is 37.3 Å². The molecule has 22 heavy (non-hydrogen) atoms. The van der Waals surface area contributed by atoms with Gasteiger partial charge in [-0.1, -0.05) is 18.2 Å². The van der Waals surface area contributed by atoms with E-state index in [2.05, 4.69) is 52.1 Å². The van der Waals surface area contributed by atoms with E-state index in [4.69, 9.17) is 0 Å². The second-order valence-corrected chi connectivity index (χ2v) is 6.24. The fourth-order valence-corrected chi connectivity index (χ4v) is 2.89. The highest BCUT2D eigenvalue weighted by Gasteiger charge is 2.11. The maximum Gasteiger partial charge on any atom is 0.243 e. The second-order valence-electron chi connectivity index (χ2n) is 5.38. The number of rotatable bonds is 5. The van der Waals surface area contributed by atoms with E-state index < -0.39 is 0 Å². The zero-order valence-corrected chi connectivity index (χ0v) is 14.8. The van der Waals surface area contributed by atoms with Gasteiger partial charge in [0.25, 0.3) is 0 Å². The van der Waals surface area contributed by atoms with Gasteiger partial charge < -0.3 is 10.2 Å². The largest absolute Gasteiger partial charge is 0.362 e. The van der Waals surface area contributed by atoms with Gasteiger partial charge in [-0.3, -0.25) is 4.79 Å². The standard InChI is InChI=1S/C18H21BrN2O/c1-4-21(15-7-5-6-13(2)10-15)12-18(22)20-17-9-8-14(3)11-16(17)19/h5-11H,4,12H2,1-3H3,(H,20,22). The summed E-state index contributed by atoms with van der Waals surface area (Å²) in [5.41, 5.74) is 4.22. The minimum Gasteiger partial charge on any atom is -0.362 e. The van der Waals surface area contributed by atoms with Gasteiger partial charge in [0.2, 0.25) is 5.91 Å². The number of amides is 1. The Hall–Kier alpha value is -1.81. The SMILES string of the molecule is CCN(CC(=O)Nc1ccc(C)cc1Br)c1cccc(C)c1. The van der Waals surface area contributed by atoms with Crippen molar-refractivity contribution in [1.29, 1.82) is 0 Å². The molecule has 0 spiro atoms. The predicted octanol–water partition coefficient (Wildman–Crippen LogP) is 4.53. The molecule has 0 fully saturated rings. The molecule has 0 aliphatic rings. The molecule has 2 aromatic rings. The lowest BCUT2D eigenvalue weighted by Crippen LogP contribution is -2.33. The maximum atomic E-state index is 12.3. The summed E-state index contributed by atoms with van der Waals surface area (Å²) >= 11 is 3.49. The first-order chi connectivity index (χ1) is 10.5. The Bertz CT molecular complexity index is 670. The Balaban J connectivity index is 2.06. The van der Waals surface area contributed by atoms with Gasteiger partial charge in [0.05, 0.1) is 12.2 Å². The van der Waals surface area contributed by atoms with Gasteiger partial charge in [-0.15, -0.1) is 0 Å². The third kappa shape index (κ3) is 4.34. The molecule has 3 nitrogen and oxygen atoms in total. The first-order valence-corrected chi connectivity index (χ1v) is 8.16. The van der Waals surface area contributed by atoms with Gasteiger partial charge in [-0.05, 0) is 72.1 Å². The van der Waals surface area contributed by atoms with E-state index >= 15 is 0 Å². The fourth-order valence-electron chi connectivity index (χ4n) is 2.29. The highest BCUT2D eigenvalue weighted by Crippen LogP contribution is 2.23. The zero-order chi connectivity index (χ0) is 16.1. The number of likely N-dealkylation sites (N-methyl/N-ethyl adjacent to an activating group) is 1. The Morgan fingerprint density at radius 1 is 1.14 bits per heavy atom. The third-order valence-electron chi connectivity index (χ3n) is 3.48. The van der Waals surface area contributed by atoms with E-state index in [1.54, 1.807) is 0 Å². The van der Waals surface area contributed by atoms with Crippen LogP contribution in [-0.2, 0) is 4.79 Å². The lowest BCUT2D eigenvalue weighted by atomic mass is 10.2. The molecular weight excluding hydrogens is 340 g/mol. The zero-order valence-electron chi connectivity index (χ0n) is 13.2. The third-order valence-corrected chi connectivity index (χ3v) is 4.14. The Morgan fingerprint density at radius 2 is 1.86 bits per heavy atom. The van der Waals surface area contributed by atoms with Crippen LogP contribution < -0.4 is 10.2 Å². The van der Waals surface area contributed by atoms with Crippen LogP contribution in [0, 0.1) is 13.8 Å². The van der Waals surface area contributed by atoms with E-state index in [9.17, 15) is 4.79 Å². The molecule has 0 unspecified atom stereocenters. The molecular formula is C18H21BrN2O. The molecule has 0 radical (unpaired) electrons. The van der Waals surface area contributed by atoms with Gasteiger partial charge in [0, 0.05) is 16.7 Å². The molecule has 1 N–H and O–H groups in total. The Labute approximate surface area is 140 Å². The number of nitrogens with zero attached hydrogens (tertiary/aromatic N) is 1. The van der Waals surface area contributed by atoms with Crippen molar-refractivity contribution in [3.05, 3.63) is 58.1 Å². The van der Waals surface area contributed by atoms with E-state index in [0.29, 0.717) is 6.54 Å². The van der Waals surface area contributed by atoms with Crippen molar-refractivity contribution in [1.82, 2.24) is 0 Å². The van der Waals surface area contributed by atoms with Gasteiger partial charge in [-0.2, -0.15) is 0 Å². The monoisotopic (exact) mass is 360 g/mol. The quantitative estimate of drug-likeness (QED) is 0.849. The van der Waals surface area contributed by atoms with Crippen LogP contribution in [0.25, 0.3) is 0 Å². The summed E-state index contributed by atoms with van der Waals surface area (Å²) in [5.74, 6) is -0.0205. The molecule has 2 aromatic carbocycles. The van der Waals surface area contributed by atoms with Crippen LogP contribution in [0.15, 0.2) is 46.9 Å².